The van der Waals surface area contributed by atoms with E-state index in [1.807, 2.05) is 20.8 Å². The highest BCUT2D eigenvalue weighted by molar-refractivity contribution is 5.83. The molecule has 2 unspecified atom stereocenters. The van der Waals surface area contributed by atoms with Crippen molar-refractivity contribution >= 4 is 11.8 Å². The number of hydrogen-bond acceptors (Lipinski definition) is 6. The van der Waals surface area contributed by atoms with Crippen molar-refractivity contribution in [1.82, 2.24) is 9.80 Å². The minimum absolute atomic E-state index is 0.0278. The number of carbonyl (C=O) groups is 2. The fraction of sp³-hybridized carbons (Fsp3) is 0.900. The largest absolute Gasteiger partial charge is 0.362 e. The van der Waals surface area contributed by atoms with E-state index in [0.717, 1.165) is 0 Å². The van der Waals surface area contributed by atoms with E-state index in [9.17, 15) is 19.8 Å². The van der Waals surface area contributed by atoms with Gasteiger partial charge in [-0.3, -0.25) is 9.59 Å². The van der Waals surface area contributed by atoms with Gasteiger partial charge in [0.1, 0.15) is 11.2 Å². The summed E-state index contributed by atoms with van der Waals surface area (Å²) >= 11 is 0. The van der Waals surface area contributed by atoms with Gasteiger partial charge in [-0.15, -0.1) is 0 Å². The molecular formula is C20H30N2O6. The van der Waals surface area contributed by atoms with Crippen LogP contribution in [0.25, 0.3) is 0 Å². The maximum atomic E-state index is 13.0. The first-order valence-corrected chi connectivity index (χ1v) is 10.4. The van der Waals surface area contributed by atoms with Crippen LogP contribution >= 0.6 is 0 Å². The molecule has 28 heavy (non-hydrogen) atoms. The number of amides is 2. The Morgan fingerprint density at radius 1 is 0.964 bits per heavy atom. The van der Waals surface area contributed by atoms with E-state index in [1.54, 1.807) is 16.7 Å². The monoisotopic (exact) mass is 394 g/mol. The van der Waals surface area contributed by atoms with Crippen molar-refractivity contribution in [2.75, 3.05) is 13.1 Å². The molecule has 3 aliphatic heterocycles. The summed E-state index contributed by atoms with van der Waals surface area (Å²) in [5.74, 6) is -3.45. The van der Waals surface area contributed by atoms with Crippen LogP contribution in [0.15, 0.2) is 0 Å². The van der Waals surface area contributed by atoms with Crippen LogP contribution in [-0.4, -0.2) is 79.8 Å². The molecule has 0 aromatic carbocycles. The predicted octanol–water partition coefficient (Wildman–Crippen LogP) is 0.353. The van der Waals surface area contributed by atoms with E-state index in [4.69, 9.17) is 9.47 Å². The van der Waals surface area contributed by atoms with E-state index in [2.05, 4.69) is 0 Å². The number of β-amino-alcohol motifs (C(OH)–C–C–N with tert-alkyl or cyclic N) is 2. The Labute approximate surface area is 164 Å². The van der Waals surface area contributed by atoms with Crippen molar-refractivity contribution in [3.05, 3.63) is 0 Å². The first kappa shape index (κ1) is 18.8. The molecule has 6 atom stereocenters. The van der Waals surface area contributed by atoms with Gasteiger partial charge in [-0.1, -0.05) is 27.7 Å². The second kappa shape index (κ2) is 5.09. The fourth-order valence-electron chi connectivity index (χ4n) is 6.09. The third kappa shape index (κ3) is 1.86. The summed E-state index contributed by atoms with van der Waals surface area (Å²) in [6, 6.07) is -0.641. The molecule has 5 aliphatic rings. The number of nitrogens with zero attached hydrogens (tertiary/aromatic N) is 2. The van der Waals surface area contributed by atoms with Gasteiger partial charge in [-0.05, 0) is 25.7 Å². The molecule has 156 valence electrons. The Bertz CT molecular complexity index is 766. The number of hydrogen-bond donors (Lipinski definition) is 2. The molecule has 2 aliphatic carbocycles. The number of carbonyl (C=O) groups excluding carboxylic acids is 2. The zero-order valence-electron chi connectivity index (χ0n) is 17.0. The maximum absolute atomic E-state index is 13.0. The van der Waals surface area contributed by atoms with E-state index in [0.29, 0.717) is 32.1 Å². The molecule has 5 fully saturated rings. The highest BCUT2D eigenvalue weighted by Crippen LogP contribution is 2.66. The summed E-state index contributed by atoms with van der Waals surface area (Å²) in [7, 11) is 0. The van der Waals surface area contributed by atoms with Gasteiger partial charge < -0.3 is 29.5 Å². The standard InChI is InChI=1S/C20H30N2O6/c1-5-14(23)21-10-19(25)17(8-6-12(17)21)27-20(26)11-22(15(24)16(2,3)4)13-7-9-18(13,20)28-19/h12-13,25-26H,5-11H2,1-4H3/t12?,13?,17-,18-,19-,20+/m0/s1. The highest BCUT2D eigenvalue weighted by atomic mass is 16.8. The number of rotatable bonds is 1. The average Bonchev–Trinajstić information content (AvgIpc) is 2.84. The minimum atomic E-state index is -1.67. The highest BCUT2D eigenvalue weighted by Gasteiger charge is 2.84. The predicted molar refractivity (Wildman–Crippen MR) is 96.7 cm³/mol. The lowest BCUT2D eigenvalue weighted by atomic mass is 9.65. The first-order valence-electron chi connectivity index (χ1n) is 10.4. The quantitative estimate of drug-likeness (QED) is 0.666. The van der Waals surface area contributed by atoms with Gasteiger partial charge in [0, 0.05) is 11.8 Å². The van der Waals surface area contributed by atoms with Crippen LogP contribution in [-0.2, 0) is 19.1 Å². The summed E-state index contributed by atoms with van der Waals surface area (Å²) in [4.78, 5) is 28.7. The Morgan fingerprint density at radius 3 is 1.82 bits per heavy atom. The van der Waals surface area contributed by atoms with Gasteiger partial charge in [0.15, 0.2) is 0 Å². The van der Waals surface area contributed by atoms with Crippen LogP contribution in [0.1, 0.15) is 59.8 Å². The van der Waals surface area contributed by atoms with Crippen molar-refractivity contribution in [2.24, 2.45) is 5.41 Å². The second-order valence-electron chi connectivity index (χ2n) is 10.2. The molecule has 0 aromatic rings. The SMILES string of the molecule is CCC(=O)N1C[C@]2(O)O[C@@]34CCC3N(C(=O)C(C)(C)C)C[C@@]4(O)O[C@]23CCC13. The molecule has 2 spiro atoms. The maximum Gasteiger partial charge on any atom is 0.228 e. The van der Waals surface area contributed by atoms with Crippen molar-refractivity contribution in [2.45, 2.75) is 94.7 Å². The van der Waals surface area contributed by atoms with E-state index >= 15 is 0 Å². The van der Waals surface area contributed by atoms with Crippen molar-refractivity contribution < 1.29 is 29.3 Å². The molecule has 8 nitrogen and oxygen atoms in total. The molecule has 2 saturated carbocycles. The van der Waals surface area contributed by atoms with Gasteiger partial charge in [0.25, 0.3) is 0 Å². The lowest BCUT2D eigenvalue weighted by molar-refractivity contribution is -0.489. The van der Waals surface area contributed by atoms with Crippen molar-refractivity contribution in [1.29, 1.82) is 0 Å². The molecule has 0 aromatic heterocycles. The molecule has 0 bridgehead atoms. The van der Waals surface area contributed by atoms with Gasteiger partial charge in [-0.25, -0.2) is 0 Å². The molecule has 2 amide bonds. The van der Waals surface area contributed by atoms with E-state index in [-0.39, 0.29) is 37.0 Å². The summed E-state index contributed by atoms with van der Waals surface area (Å²) in [6.45, 7) is 7.42. The first-order chi connectivity index (χ1) is 12.9. The van der Waals surface area contributed by atoms with Gasteiger partial charge >= 0.3 is 0 Å². The fourth-order valence-corrected chi connectivity index (χ4v) is 6.09. The van der Waals surface area contributed by atoms with E-state index in [1.165, 1.54) is 0 Å². The smallest absolute Gasteiger partial charge is 0.228 e. The molecule has 5 rings (SSSR count). The van der Waals surface area contributed by atoms with Crippen LogP contribution in [0.2, 0.25) is 0 Å². The molecular weight excluding hydrogens is 364 g/mol. The minimum Gasteiger partial charge on any atom is -0.362 e. The summed E-state index contributed by atoms with van der Waals surface area (Å²) in [6.07, 6.45) is 2.76. The van der Waals surface area contributed by atoms with Gasteiger partial charge in [0.05, 0.1) is 25.2 Å². The molecule has 3 heterocycles. The Morgan fingerprint density at radius 2 is 1.43 bits per heavy atom. The van der Waals surface area contributed by atoms with Crippen molar-refractivity contribution in [3.63, 3.8) is 0 Å². The lowest BCUT2D eigenvalue weighted by Gasteiger charge is -2.64. The number of likely N-dealkylation sites (tertiary alicyclic amines) is 2. The molecule has 2 N–H and O–H groups in total. The molecule has 8 heteroatoms. The second-order valence-corrected chi connectivity index (χ2v) is 10.2. The van der Waals surface area contributed by atoms with Crippen LogP contribution in [0.5, 0.6) is 0 Å². The molecule has 0 radical (unpaired) electrons. The van der Waals surface area contributed by atoms with Gasteiger partial charge in [-0.2, -0.15) is 0 Å². The topological polar surface area (TPSA) is 99.5 Å². The van der Waals surface area contributed by atoms with Crippen molar-refractivity contribution in [3.8, 4) is 0 Å². The molecule has 3 saturated heterocycles. The van der Waals surface area contributed by atoms with Gasteiger partial charge in [0.2, 0.25) is 23.4 Å². The average molecular weight is 394 g/mol. The summed E-state index contributed by atoms with van der Waals surface area (Å²) in [5, 5.41) is 23.1. The Kier molecular flexibility index (Phi) is 3.41. The van der Waals surface area contributed by atoms with Crippen LogP contribution in [0.3, 0.4) is 0 Å². The van der Waals surface area contributed by atoms with Crippen LogP contribution in [0.4, 0.5) is 0 Å². The zero-order valence-corrected chi connectivity index (χ0v) is 17.0. The Hall–Kier alpha value is -1.22. The van der Waals surface area contributed by atoms with Crippen LogP contribution in [0, 0.1) is 5.41 Å². The summed E-state index contributed by atoms with van der Waals surface area (Å²) in [5.41, 5.74) is -2.85. The summed E-state index contributed by atoms with van der Waals surface area (Å²) < 4.78 is 12.7. The number of aliphatic hydroxyl groups is 2. The third-order valence-electron chi connectivity index (χ3n) is 7.73. The van der Waals surface area contributed by atoms with Crippen LogP contribution < -0.4 is 0 Å². The number of ether oxygens (including phenoxy) is 2. The third-order valence-corrected chi connectivity index (χ3v) is 7.73. The lowest BCUT2D eigenvalue weighted by Crippen LogP contribution is -2.81. The zero-order chi connectivity index (χ0) is 20.3. The Balaban J connectivity index is 1.52. The van der Waals surface area contributed by atoms with E-state index < -0.39 is 28.2 Å². The normalized spacial score (nSPS) is 48.8.